The molecule has 0 saturated heterocycles. The quantitative estimate of drug-likeness (QED) is 0.167. The Bertz CT molecular complexity index is 1110. The largest absolute Gasteiger partial charge is 0.495 e. The lowest BCUT2D eigenvalue weighted by atomic mass is 10.2. The molecule has 12 nitrogen and oxygen atoms in total. The van der Waals surface area contributed by atoms with Gasteiger partial charge in [0, 0.05) is 61.3 Å². The summed E-state index contributed by atoms with van der Waals surface area (Å²) >= 11 is 0. The van der Waals surface area contributed by atoms with E-state index in [1.807, 2.05) is 36.2 Å². The van der Waals surface area contributed by atoms with Gasteiger partial charge in [0.2, 0.25) is 0 Å². The van der Waals surface area contributed by atoms with Gasteiger partial charge in [-0.2, -0.15) is 0 Å². The molecule has 200 valence electrons. The number of hydrogen-bond donors (Lipinski definition) is 5. The molecule has 3 aromatic rings. The Morgan fingerprint density at radius 3 is 1.70 bits per heavy atom. The number of methoxy groups -OCH3 is 2. The van der Waals surface area contributed by atoms with Crippen molar-refractivity contribution in [1.29, 1.82) is 0 Å². The van der Waals surface area contributed by atoms with Gasteiger partial charge < -0.3 is 42.4 Å². The number of hydrogen-bond acceptors (Lipinski definition) is 10. The van der Waals surface area contributed by atoms with Gasteiger partial charge in [-0.3, -0.25) is 14.9 Å². The summed E-state index contributed by atoms with van der Waals surface area (Å²) in [6.45, 7) is 0.732. The molecule has 0 aliphatic carbocycles. The molecule has 0 amide bonds. The highest BCUT2D eigenvalue weighted by Gasteiger charge is 2.05. The molecule has 0 spiro atoms. The van der Waals surface area contributed by atoms with Crippen molar-refractivity contribution in [2.24, 2.45) is 0 Å². The van der Waals surface area contributed by atoms with Crippen molar-refractivity contribution in [1.82, 2.24) is 0 Å². The van der Waals surface area contributed by atoms with Crippen molar-refractivity contribution in [3.8, 4) is 11.5 Å². The van der Waals surface area contributed by atoms with Gasteiger partial charge in [-0.25, -0.2) is 0 Å². The summed E-state index contributed by atoms with van der Waals surface area (Å²) in [5.41, 5.74) is 25.5. The zero-order chi connectivity index (χ0) is 28.0. The number of nitrogens with zero attached hydrogens (tertiary/aromatic N) is 2. The van der Waals surface area contributed by atoms with Gasteiger partial charge in [-0.1, -0.05) is 0 Å². The van der Waals surface area contributed by atoms with Crippen molar-refractivity contribution in [3.05, 3.63) is 70.8 Å². The van der Waals surface area contributed by atoms with Gasteiger partial charge in [0.15, 0.2) is 0 Å². The molecule has 37 heavy (non-hydrogen) atoms. The van der Waals surface area contributed by atoms with E-state index in [1.165, 1.54) is 38.5 Å². The second kappa shape index (κ2) is 15.2. The molecule has 0 aliphatic rings. The Kier molecular flexibility index (Phi) is 12.4. The Morgan fingerprint density at radius 2 is 1.32 bits per heavy atom. The number of anilines is 5. The summed E-state index contributed by atoms with van der Waals surface area (Å²) in [5.74, 6) is 0.377. The number of carboxylic acid groups (broad SMARTS) is 1. The lowest BCUT2D eigenvalue weighted by Gasteiger charge is -2.18. The van der Waals surface area contributed by atoms with Crippen LogP contribution in [-0.4, -0.2) is 43.8 Å². The predicted molar refractivity (Wildman–Crippen MR) is 147 cm³/mol. The summed E-state index contributed by atoms with van der Waals surface area (Å²) in [7, 11) is 5.02. The number of carboxylic acids is 1. The van der Waals surface area contributed by atoms with Gasteiger partial charge in [-0.05, 0) is 42.8 Å². The first-order chi connectivity index (χ1) is 17.5. The van der Waals surface area contributed by atoms with Crippen LogP contribution in [0.1, 0.15) is 12.8 Å². The van der Waals surface area contributed by atoms with Crippen molar-refractivity contribution in [2.45, 2.75) is 12.8 Å². The number of nitrogens with two attached hydrogens (primary N) is 4. The summed E-state index contributed by atoms with van der Waals surface area (Å²) in [4.78, 5) is 22.0. The molecule has 0 bridgehead atoms. The van der Waals surface area contributed by atoms with E-state index in [0.717, 1.165) is 17.9 Å². The molecule has 0 atom stereocenters. The zero-order valence-corrected chi connectivity index (χ0v) is 21.1. The summed E-state index contributed by atoms with van der Waals surface area (Å²) < 4.78 is 9.93. The Hall–Kier alpha value is -4.87. The van der Waals surface area contributed by atoms with E-state index in [0.29, 0.717) is 35.0 Å². The van der Waals surface area contributed by atoms with Crippen LogP contribution < -0.4 is 37.3 Å². The molecule has 0 radical (unpaired) electrons. The second-order valence-electron chi connectivity index (χ2n) is 7.70. The van der Waals surface area contributed by atoms with Gasteiger partial charge in [0.25, 0.3) is 5.69 Å². The van der Waals surface area contributed by atoms with E-state index in [4.69, 9.17) is 37.5 Å². The molecule has 0 aromatic heterocycles. The van der Waals surface area contributed by atoms with Crippen molar-refractivity contribution < 1.29 is 24.3 Å². The van der Waals surface area contributed by atoms with E-state index >= 15 is 0 Å². The van der Waals surface area contributed by atoms with Crippen LogP contribution in [0.25, 0.3) is 0 Å². The van der Waals surface area contributed by atoms with Crippen LogP contribution in [0.5, 0.6) is 11.5 Å². The van der Waals surface area contributed by atoms with Gasteiger partial charge >= 0.3 is 5.97 Å². The van der Waals surface area contributed by atoms with Gasteiger partial charge in [-0.15, -0.1) is 0 Å². The van der Waals surface area contributed by atoms with Gasteiger partial charge in [0.1, 0.15) is 11.5 Å². The molecular weight excluding hydrogens is 480 g/mol. The molecule has 0 fully saturated rings. The minimum Gasteiger partial charge on any atom is -0.495 e. The number of rotatable bonds is 8. The third-order valence-electron chi connectivity index (χ3n) is 4.90. The van der Waals surface area contributed by atoms with Crippen LogP contribution in [0.3, 0.4) is 0 Å². The fraction of sp³-hybridized carbons (Fsp3) is 0.240. The van der Waals surface area contributed by atoms with Crippen molar-refractivity contribution in [2.75, 3.05) is 55.6 Å². The number of nitrogen functional groups attached to an aromatic ring is 4. The molecule has 3 rings (SSSR count). The molecular formula is C25H34N6O6. The minimum atomic E-state index is -0.749. The van der Waals surface area contributed by atoms with Crippen LogP contribution in [0.4, 0.5) is 34.1 Å². The number of ether oxygens (including phenoxy) is 2. The van der Waals surface area contributed by atoms with E-state index in [-0.39, 0.29) is 12.1 Å². The first-order valence-electron chi connectivity index (χ1n) is 11.0. The number of nitro groups is 1. The first-order valence-corrected chi connectivity index (χ1v) is 11.0. The topological polar surface area (TPSA) is 206 Å². The number of nitro benzene ring substituents is 1. The fourth-order valence-electron chi connectivity index (χ4n) is 2.87. The molecule has 0 heterocycles. The maximum absolute atomic E-state index is 10.3. The molecule has 0 aliphatic heterocycles. The second-order valence-corrected chi connectivity index (χ2v) is 7.70. The van der Waals surface area contributed by atoms with Crippen LogP contribution in [-0.2, 0) is 4.79 Å². The van der Waals surface area contributed by atoms with Crippen LogP contribution >= 0.6 is 0 Å². The maximum Gasteiger partial charge on any atom is 0.303 e. The Morgan fingerprint density at radius 1 is 0.892 bits per heavy atom. The van der Waals surface area contributed by atoms with E-state index in [2.05, 4.69) is 0 Å². The lowest BCUT2D eigenvalue weighted by Crippen LogP contribution is -2.19. The molecule has 12 heteroatoms. The van der Waals surface area contributed by atoms with Crippen molar-refractivity contribution in [3.63, 3.8) is 0 Å². The number of carbonyl (C=O) groups is 1. The highest BCUT2D eigenvalue weighted by atomic mass is 16.6. The third-order valence-corrected chi connectivity index (χ3v) is 4.90. The number of aliphatic carboxylic acids is 1. The standard InChI is InChI=1S/C11H16N2O2.C8H12N2O2.C6H6N2O2/c1-13(8-2-3-11(14)15)10-6-4-9(12)5-7-10;1-11-7-3-6(10)8(12-2)4-5(7)9;7-5-1-3-6(4-2-5)8(9)10/h4-7H,2-3,8,12H2,1H3,(H,14,15);3-4H,9-10H2,1-2H3;1-4H,7H2. The highest BCUT2D eigenvalue weighted by molar-refractivity contribution is 5.67. The monoisotopic (exact) mass is 514 g/mol. The van der Waals surface area contributed by atoms with Crippen LogP contribution in [0.15, 0.2) is 60.7 Å². The Labute approximate surface area is 215 Å². The zero-order valence-electron chi connectivity index (χ0n) is 21.1. The average Bonchev–Trinajstić information content (AvgIpc) is 2.86. The molecule has 3 aromatic carbocycles. The van der Waals surface area contributed by atoms with Gasteiger partial charge in [0.05, 0.1) is 30.5 Å². The van der Waals surface area contributed by atoms with E-state index < -0.39 is 10.9 Å². The first kappa shape index (κ1) is 30.2. The summed E-state index contributed by atoms with van der Waals surface area (Å²) in [6.07, 6.45) is 0.857. The lowest BCUT2D eigenvalue weighted by molar-refractivity contribution is -0.384. The highest BCUT2D eigenvalue weighted by Crippen LogP contribution is 2.32. The minimum absolute atomic E-state index is 0.0641. The Balaban J connectivity index is 0.000000283. The average molecular weight is 515 g/mol. The van der Waals surface area contributed by atoms with Crippen LogP contribution in [0.2, 0.25) is 0 Å². The molecule has 9 N–H and O–H groups in total. The van der Waals surface area contributed by atoms with Crippen LogP contribution in [0, 0.1) is 10.1 Å². The summed E-state index contributed by atoms with van der Waals surface area (Å²) in [6, 6.07) is 16.5. The fourth-order valence-corrected chi connectivity index (χ4v) is 2.87. The van der Waals surface area contributed by atoms with Crippen molar-refractivity contribution >= 4 is 40.1 Å². The molecule has 0 unspecified atom stereocenters. The molecule has 0 saturated carbocycles. The number of benzene rings is 3. The SMILES string of the molecule is CN(CCCC(=O)O)c1ccc(N)cc1.COc1cc(N)c(OC)cc1N.Nc1ccc([N+](=O)[O-])cc1. The van der Waals surface area contributed by atoms with E-state index in [9.17, 15) is 14.9 Å². The third kappa shape index (κ3) is 10.9. The summed E-state index contributed by atoms with van der Waals surface area (Å²) in [5, 5.41) is 18.6. The van der Waals surface area contributed by atoms with E-state index in [1.54, 1.807) is 12.1 Å². The smallest absolute Gasteiger partial charge is 0.303 e. The maximum atomic E-state index is 10.3. The normalized spacial score (nSPS) is 9.59. The number of non-ortho nitro benzene ring substituents is 1. The predicted octanol–water partition coefficient (Wildman–Crippen LogP) is 3.62.